The van der Waals surface area contributed by atoms with E-state index in [2.05, 4.69) is 17.4 Å². The van der Waals surface area contributed by atoms with Gasteiger partial charge in [0.1, 0.15) is 0 Å². The van der Waals surface area contributed by atoms with Crippen LogP contribution in [0.25, 0.3) is 6.08 Å². The molecule has 198 valence electrons. The zero-order valence-electron chi connectivity index (χ0n) is 21.4. The van der Waals surface area contributed by atoms with E-state index in [9.17, 15) is 18.0 Å². The van der Waals surface area contributed by atoms with Crippen molar-refractivity contribution in [3.05, 3.63) is 48.1 Å². The lowest BCUT2D eigenvalue weighted by Gasteiger charge is -2.07. The van der Waals surface area contributed by atoms with Gasteiger partial charge in [-0.05, 0) is 37.5 Å². The summed E-state index contributed by atoms with van der Waals surface area (Å²) in [5.74, 6) is -0.330. The molecular formula is C29H44F3NO2. The molecular weight excluding hydrogens is 451 g/mol. The number of nitrogens with one attached hydrogen (secondary N) is 1. The fourth-order valence-electron chi connectivity index (χ4n) is 3.83. The molecule has 0 saturated heterocycles. The van der Waals surface area contributed by atoms with Gasteiger partial charge in [0, 0.05) is 24.7 Å². The third-order valence-corrected chi connectivity index (χ3v) is 5.80. The van der Waals surface area contributed by atoms with E-state index in [-0.39, 0.29) is 12.4 Å². The van der Waals surface area contributed by atoms with Gasteiger partial charge >= 0.3 is 12.1 Å². The Morgan fingerprint density at radius 1 is 0.800 bits per heavy atom. The number of hydrogen-bond acceptors (Lipinski definition) is 3. The molecule has 35 heavy (non-hydrogen) atoms. The van der Waals surface area contributed by atoms with Gasteiger partial charge in [-0.15, -0.1) is 0 Å². The minimum Gasteiger partial charge on any atom is -0.463 e. The largest absolute Gasteiger partial charge is 0.463 e. The number of carbonyl (C=O) groups is 1. The minimum atomic E-state index is -3.99. The third-order valence-electron chi connectivity index (χ3n) is 5.80. The Bertz CT molecular complexity index is 712. The van der Waals surface area contributed by atoms with E-state index >= 15 is 0 Å². The van der Waals surface area contributed by atoms with Crippen LogP contribution in [-0.4, -0.2) is 25.3 Å². The lowest BCUT2D eigenvalue weighted by atomic mass is 10.0. The second-order valence-corrected chi connectivity index (χ2v) is 8.98. The Balaban J connectivity index is 1.92. The van der Waals surface area contributed by atoms with E-state index in [1.807, 2.05) is 24.3 Å². The summed E-state index contributed by atoms with van der Waals surface area (Å²) in [4.78, 5) is 11.2. The molecule has 0 spiro atoms. The first-order valence-corrected chi connectivity index (χ1v) is 13.3. The predicted octanol–water partition coefficient (Wildman–Crippen LogP) is 9.25. The molecule has 0 fully saturated rings. The molecule has 0 heterocycles. The zero-order valence-corrected chi connectivity index (χ0v) is 21.4. The van der Waals surface area contributed by atoms with Gasteiger partial charge in [-0.3, -0.25) is 0 Å². The molecule has 0 amide bonds. The molecule has 1 aromatic rings. The highest BCUT2D eigenvalue weighted by Gasteiger charge is 2.25. The van der Waals surface area contributed by atoms with Crippen LogP contribution in [0.15, 0.2) is 42.5 Å². The van der Waals surface area contributed by atoms with Gasteiger partial charge < -0.3 is 10.1 Å². The lowest BCUT2D eigenvalue weighted by molar-refractivity contribution is -0.137. The first-order valence-electron chi connectivity index (χ1n) is 13.3. The molecule has 0 atom stereocenters. The highest BCUT2D eigenvalue weighted by Crippen LogP contribution is 2.23. The van der Waals surface area contributed by atoms with Gasteiger partial charge in [0.15, 0.2) is 0 Å². The summed E-state index contributed by atoms with van der Waals surface area (Å²) in [6, 6.07) is 8.23. The number of ether oxygens (including phenoxy) is 1. The van der Waals surface area contributed by atoms with E-state index in [4.69, 9.17) is 4.74 Å². The Labute approximate surface area is 210 Å². The van der Waals surface area contributed by atoms with Crippen molar-refractivity contribution in [2.75, 3.05) is 18.5 Å². The highest BCUT2D eigenvalue weighted by molar-refractivity contribution is 5.82. The molecule has 0 saturated carbocycles. The molecule has 6 heteroatoms. The quantitative estimate of drug-likeness (QED) is 0.0848. The van der Waals surface area contributed by atoms with Crippen LogP contribution >= 0.6 is 0 Å². The second-order valence-electron chi connectivity index (χ2n) is 8.98. The van der Waals surface area contributed by atoms with Crippen LogP contribution in [0.1, 0.15) is 102 Å². The molecule has 0 unspecified atom stereocenters. The Morgan fingerprint density at radius 3 is 1.83 bits per heavy atom. The standard InChI is InChI=1S/C29H44F3NO2/c1-2-35-28(34)19-15-14-18-26-20-22-27(23-21-26)33-25-17-13-11-9-7-5-3-4-6-8-10-12-16-24-29(30,31)32/h14-15,18-23,33H,2-13,16-17,24-25H2,1H3/b18-14+,19-15+. The Morgan fingerprint density at radius 2 is 1.31 bits per heavy atom. The molecule has 0 radical (unpaired) electrons. The summed E-state index contributed by atoms with van der Waals surface area (Å²) in [5.41, 5.74) is 2.19. The molecule has 0 aromatic heterocycles. The van der Waals surface area contributed by atoms with Gasteiger partial charge in [0.2, 0.25) is 0 Å². The number of anilines is 1. The monoisotopic (exact) mass is 495 g/mol. The SMILES string of the molecule is CCOC(=O)/C=C/C=C/c1ccc(NCCCCCCCCCCCCCCCC(F)(F)F)cc1. The van der Waals surface area contributed by atoms with Crippen molar-refractivity contribution in [2.45, 2.75) is 103 Å². The van der Waals surface area contributed by atoms with Gasteiger partial charge in [-0.2, -0.15) is 13.2 Å². The Kier molecular flexibility index (Phi) is 17.6. The zero-order chi connectivity index (χ0) is 25.6. The second kappa shape index (κ2) is 20.0. The molecule has 1 aromatic carbocycles. The highest BCUT2D eigenvalue weighted by atomic mass is 19.4. The molecule has 1 rings (SSSR count). The van der Waals surface area contributed by atoms with Crippen LogP contribution in [0, 0.1) is 0 Å². The van der Waals surface area contributed by atoms with E-state index in [1.165, 1.54) is 51.0 Å². The van der Waals surface area contributed by atoms with E-state index in [1.54, 1.807) is 13.0 Å². The van der Waals surface area contributed by atoms with E-state index in [0.29, 0.717) is 13.0 Å². The van der Waals surface area contributed by atoms with Crippen molar-refractivity contribution in [1.29, 1.82) is 0 Å². The van der Waals surface area contributed by atoms with Crippen LogP contribution in [0.4, 0.5) is 18.9 Å². The number of halogens is 3. The number of esters is 1. The van der Waals surface area contributed by atoms with Crippen LogP contribution in [-0.2, 0) is 9.53 Å². The summed E-state index contributed by atoms with van der Waals surface area (Å²) in [7, 11) is 0. The van der Waals surface area contributed by atoms with Crippen molar-refractivity contribution in [3.63, 3.8) is 0 Å². The maximum atomic E-state index is 12.1. The first kappa shape index (κ1) is 30.8. The fraction of sp³-hybridized carbons (Fsp3) is 0.621. The average molecular weight is 496 g/mol. The lowest BCUT2D eigenvalue weighted by Crippen LogP contribution is -2.06. The van der Waals surface area contributed by atoms with Crippen LogP contribution < -0.4 is 5.32 Å². The maximum absolute atomic E-state index is 12.1. The van der Waals surface area contributed by atoms with E-state index < -0.39 is 12.6 Å². The molecule has 0 aliphatic heterocycles. The van der Waals surface area contributed by atoms with Gasteiger partial charge in [0.25, 0.3) is 0 Å². The van der Waals surface area contributed by atoms with Gasteiger partial charge in [-0.25, -0.2) is 4.79 Å². The van der Waals surface area contributed by atoms with Gasteiger partial charge in [0.05, 0.1) is 6.61 Å². The number of hydrogen-bond donors (Lipinski definition) is 1. The summed E-state index contributed by atoms with van der Waals surface area (Å²) in [6.45, 7) is 3.14. The van der Waals surface area contributed by atoms with Crippen LogP contribution in [0.5, 0.6) is 0 Å². The maximum Gasteiger partial charge on any atom is 0.389 e. The molecule has 0 bridgehead atoms. The Hall–Kier alpha value is -2.24. The third kappa shape index (κ3) is 19.7. The fourth-order valence-corrected chi connectivity index (χ4v) is 3.83. The summed E-state index contributed by atoms with van der Waals surface area (Å²) < 4.78 is 41.0. The number of carbonyl (C=O) groups excluding carboxylic acids is 1. The van der Waals surface area contributed by atoms with Crippen molar-refractivity contribution in [1.82, 2.24) is 0 Å². The number of allylic oxidation sites excluding steroid dienone is 2. The van der Waals surface area contributed by atoms with Crippen LogP contribution in [0.3, 0.4) is 0 Å². The first-order chi connectivity index (χ1) is 16.9. The van der Waals surface area contributed by atoms with Crippen molar-refractivity contribution in [2.24, 2.45) is 0 Å². The predicted molar refractivity (Wildman–Crippen MR) is 140 cm³/mol. The number of benzene rings is 1. The summed E-state index contributed by atoms with van der Waals surface area (Å²) >= 11 is 0. The topological polar surface area (TPSA) is 38.3 Å². The summed E-state index contributed by atoms with van der Waals surface area (Å²) in [5, 5.41) is 3.46. The normalized spacial score (nSPS) is 12.0. The van der Waals surface area contributed by atoms with Gasteiger partial charge in [-0.1, -0.05) is 101 Å². The summed E-state index contributed by atoms with van der Waals surface area (Å²) in [6.07, 6.45) is 16.3. The molecule has 0 aliphatic rings. The van der Waals surface area contributed by atoms with Crippen molar-refractivity contribution in [3.8, 4) is 0 Å². The smallest absolute Gasteiger partial charge is 0.389 e. The van der Waals surface area contributed by atoms with Crippen molar-refractivity contribution >= 4 is 17.7 Å². The van der Waals surface area contributed by atoms with E-state index in [0.717, 1.165) is 43.5 Å². The average Bonchev–Trinajstić information content (AvgIpc) is 2.82. The molecule has 3 nitrogen and oxygen atoms in total. The number of rotatable bonds is 20. The van der Waals surface area contributed by atoms with Crippen LogP contribution in [0.2, 0.25) is 0 Å². The molecule has 1 N–H and O–H groups in total. The number of alkyl halides is 3. The van der Waals surface area contributed by atoms with Crippen molar-refractivity contribution < 1.29 is 22.7 Å². The number of unbranched alkanes of at least 4 members (excludes halogenated alkanes) is 12. The minimum absolute atomic E-state index is 0.280. The molecule has 0 aliphatic carbocycles.